The molecule has 0 spiro atoms. The lowest BCUT2D eigenvalue weighted by Gasteiger charge is -2.29. The number of guanidine groups is 1. The second-order valence-electron chi connectivity index (χ2n) is 7.69. The van der Waals surface area contributed by atoms with Crippen LogP contribution in [-0.4, -0.2) is 56.0 Å². The number of anilines is 1. The number of piperidine rings is 1. The number of aliphatic imine (C=N–C) groups is 1. The molecule has 3 N–H and O–H groups in total. The van der Waals surface area contributed by atoms with Crippen LogP contribution in [0.4, 0.5) is 5.69 Å². The standard InChI is InChI=1S/C22H37N5O.HI/c1-4-23-22(24-13-5-15-27-16-11-18(2)12-17-27)25-14-10-20-6-8-21(9-7-20)26-19(3)28;/h6-9,18H,4-5,10-17H2,1-3H3,(H,26,28)(H2,23,24,25);1H. The van der Waals surface area contributed by atoms with Gasteiger partial charge in [-0.1, -0.05) is 19.1 Å². The smallest absolute Gasteiger partial charge is 0.221 e. The van der Waals surface area contributed by atoms with Crippen molar-refractivity contribution in [2.75, 3.05) is 44.6 Å². The van der Waals surface area contributed by atoms with Crippen molar-refractivity contribution < 1.29 is 4.79 Å². The summed E-state index contributed by atoms with van der Waals surface area (Å²) in [6.07, 6.45) is 4.69. The highest BCUT2D eigenvalue weighted by Crippen LogP contribution is 2.15. The monoisotopic (exact) mass is 515 g/mol. The lowest BCUT2D eigenvalue weighted by atomic mass is 9.99. The Morgan fingerprint density at radius 3 is 2.48 bits per heavy atom. The highest BCUT2D eigenvalue weighted by atomic mass is 127. The second kappa shape index (κ2) is 14.6. The first-order valence-electron chi connectivity index (χ1n) is 10.7. The molecule has 1 heterocycles. The van der Waals surface area contributed by atoms with Crippen LogP contribution >= 0.6 is 24.0 Å². The van der Waals surface area contributed by atoms with E-state index in [1.54, 1.807) is 0 Å². The Morgan fingerprint density at radius 2 is 1.86 bits per heavy atom. The number of benzene rings is 1. The fraction of sp³-hybridized carbons (Fsp3) is 0.636. The fourth-order valence-electron chi connectivity index (χ4n) is 3.40. The Hall–Kier alpha value is -1.35. The van der Waals surface area contributed by atoms with E-state index < -0.39 is 0 Å². The lowest BCUT2D eigenvalue weighted by Crippen LogP contribution is -2.38. The number of amides is 1. The van der Waals surface area contributed by atoms with Gasteiger partial charge in [-0.15, -0.1) is 24.0 Å². The molecular formula is C22H38IN5O. The van der Waals surface area contributed by atoms with Gasteiger partial charge in [0.05, 0.1) is 0 Å². The van der Waals surface area contributed by atoms with Crippen LogP contribution in [0.15, 0.2) is 29.3 Å². The van der Waals surface area contributed by atoms with Gasteiger partial charge in [0.15, 0.2) is 5.96 Å². The molecule has 1 aromatic carbocycles. The Labute approximate surface area is 193 Å². The normalized spacial score (nSPS) is 15.5. The van der Waals surface area contributed by atoms with Crippen LogP contribution in [0.5, 0.6) is 0 Å². The average molecular weight is 515 g/mol. The van der Waals surface area contributed by atoms with Crippen molar-refractivity contribution in [3.63, 3.8) is 0 Å². The molecular weight excluding hydrogens is 477 g/mol. The predicted molar refractivity (Wildman–Crippen MR) is 133 cm³/mol. The van der Waals surface area contributed by atoms with E-state index >= 15 is 0 Å². The van der Waals surface area contributed by atoms with Crippen molar-refractivity contribution in [3.05, 3.63) is 29.8 Å². The van der Waals surface area contributed by atoms with Gasteiger partial charge in [-0.05, 0) is 75.9 Å². The summed E-state index contributed by atoms with van der Waals surface area (Å²) in [6, 6.07) is 7.99. The van der Waals surface area contributed by atoms with Gasteiger partial charge in [-0.3, -0.25) is 9.79 Å². The van der Waals surface area contributed by atoms with E-state index in [0.29, 0.717) is 0 Å². The van der Waals surface area contributed by atoms with Crippen molar-refractivity contribution in [3.8, 4) is 0 Å². The molecule has 29 heavy (non-hydrogen) atoms. The largest absolute Gasteiger partial charge is 0.357 e. The van der Waals surface area contributed by atoms with E-state index in [0.717, 1.165) is 56.6 Å². The van der Waals surface area contributed by atoms with Gasteiger partial charge in [0, 0.05) is 32.2 Å². The first kappa shape index (κ1) is 25.7. The number of nitrogens with zero attached hydrogens (tertiary/aromatic N) is 2. The maximum atomic E-state index is 11.1. The van der Waals surface area contributed by atoms with Crippen molar-refractivity contribution in [1.82, 2.24) is 15.5 Å². The minimum atomic E-state index is -0.0456. The summed E-state index contributed by atoms with van der Waals surface area (Å²) >= 11 is 0. The van der Waals surface area contributed by atoms with Gasteiger partial charge in [0.25, 0.3) is 0 Å². The Kier molecular flexibility index (Phi) is 12.9. The molecule has 7 heteroatoms. The number of likely N-dealkylation sites (tertiary alicyclic amines) is 1. The van der Waals surface area contributed by atoms with Crippen molar-refractivity contribution in [2.24, 2.45) is 10.9 Å². The van der Waals surface area contributed by atoms with Gasteiger partial charge in [0.2, 0.25) is 5.91 Å². The van der Waals surface area contributed by atoms with Gasteiger partial charge >= 0.3 is 0 Å². The van der Waals surface area contributed by atoms with Gasteiger partial charge in [-0.25, -0.2) is 0 Å². The summed E-state index contributed by atoms with van der Waals surface area (Å²) in [5, 5.41) is 9.53. The highest BCUT2D eigenvalue weighted by molar-refractivity contribution is 14.0. The number of carbonyl (C=O) groups is 1. The van der Waals surface area contributed by atoms with Crippen molar-refractivity contribution >= 4 is 41.5 Å². The third kappa shape index (κ3) is 10.8. The van der Waals surface area contributed by atoms with Crippen LogP contribution in [-0.2, 0) is 11.2 Å². The van der Waals surface area contributed by atoms with E-state index in [1.807, 2.05) is 12.1 Å². The van der Waals surface area contributed by atoms with Crippen LogP contribution in [0.2, 0.25) is 0 Å². The number of nitrogens with one attached hydrogen (secondary N) is 3. The first-order valence-corrected chi connectivity index (χ1v) is 10.7. The Bertz CT molecular complexity index is 612. The minimum Gasteiger partial charge on any atom is -0.357 e. The summed E-state index contributed by atoms with van der Waals surface area (Å²) in [6.45, 7) is 12.1. The van der Waals surface area contributed by atoms with Gasteiger partial charge in [-0.2, -0.15) is 0 Å². The summed E-state index contributed by atoms with van der Waals surface area (Å²) in [4.78, 5) is 18.4. The number of rotatable bonds is 9. The van der Waals surface area contributed by atoms with Gasteiger partial charge < -0.3 is 20.9 Å². The number of hydrogen-bond acceptors (Lipinski definition) is 3. The van der Waals surface area contributed by atoms with E-state index in [9.17, 15) is 4.79 Å². The van der Waals surface area contributed by atoms with Crippen LogP contribution in [0.25, 0.3) is 0 Å². The topological polar surface area (TPSA) is 68.8 Å². The second-order valence-corrected chi connectivity index (χ2v) is 7.69. The minimum absolute atomic E-state index is 0. The number of halogens is 1. The van der Waals surface area contributed by atoms with Crippen LogP contribution in [0.3, 0.4) is 0 Å². The third-order valence-corrected chi connectivity index (χ3v) is 5.10. The van der Waals surface area contributed by atoms with Crippen LogP contribution in [0.1, 0.15) is 45.6 Å². The number of hydrogen-bond donors (Lipinski definition) is 3. The Balaban J connectivity index is 0.00000420. The van der Waals surface area contributed by atoms with E-state index in [2.05, 4.69) is 46.8 Å². The summed E-state index contributed by atoms with van der Waals surface area (Å²) in [5.41, 5.74) is 2.07. The quantitative estimate of drug-likeness (QED) is 0.204. The Morgan fingerprint density at radius 1 is 1.17 bits per heavy atom. The summed E-state index contributed by atoms with van der Waals surface area (Å²) in [7, 11) is 0. The number of carbonyl (C=O) groups excluding carboxylic acids is 1. The zero-order valence-electron chi connectivity index (χ0n) is 18.2. The molecule has 1 aliphatic rings. The molecule has 0 aliphatic carbocycles. The molecule has 1 amide bonds. The molecule has 0 aromatic heterocycles. The molecule has 1 fully saturated rings. The molecule has 1 aromatic rings. The SMILES string of the molecule is CCNC(=NCCCN1CCC(C)CC1)NCCc1ccc(NC(C)=O)cc1.I. The molecule has 1 aliphatic heterocycles. The highest BCUT2D eigenvalue weighted by Gasteiger charge is 2.14. The average Bonchev–Trinajstić information content (AvgIpc) is 2.67. The first-order chi connectivity index (χ1) is 13.6. The predicted octanol–water partition coefficient (Wildman–Crippen LogP) is 3.48. The lowest BCUT2D eigenvalue weighted by molar-refractivity contribution is -0.114. The third-order valence-electron chi connectivity index (χ3n) is 5.10. The van der Waals surface area contributed by atoms with Crippen molar-refractivity contribution in [1.29, 1.82) is 0 Å². The molecule has 0 bridgehead atoms. The maximum absolute atomic E-state index is 11.1. The summed E-state index contributed by atoms with van der Waals surface area (Å²) in [5.74, 6) is 1.74. The zero-order chi connectivity index (χ0) is 20.2. The molecule has 0 radical (unpaired) electrons. The fourth-order valence-corrected chi connectivity index (χ4v) is 3.40. The zero-order valence-corrected chi connectivity index (χ0v) is 20.5. The molecule has 6 nitrogen and oxygen atoms in total. The molecule has 2 rings (SSSR count). The summed E-state index contributed by atoms with van der Waals surface area (Å²) < 4.78 is 0. The maximum Gasteiger partial charge on any atom is 0.221 e. The van der Waals surface area contributed by atoms with Crippen LogP contribution in [0, 0.1) is 5.92 Å². The van der Waals surface area contributed by atoms with Gasteiger partial charge in [0.1, 0.15) is 0 Å². The molecule has 164 valence electrons. The molecule has 1 saturated heterocycles. The van der Waals surface area contributed by atoms with Crippen LogP contribution < -0.4 is 16.0 Å². The molecule has 0 unspecified atom stereocenters. The van der Waals surface area contributed by atoms with E-state index in [4.69, 9.17) is 4.99 Å². The molecule has 0 atom stereocenters. The van der Waals surface area contributed by atoms with E-state index in [1.165, 1.54) is 38.4 Å². The van der Waals surface area contributed by atoms with Crippen molar-refractivity contribution in [2.45, 2.75) is 46.5 Å². The molecule has 0 saturated carbocycles. The van der Waals surface area contributed by atoms with E-state index in [-0.39, 0.29) is 29.9 Å².